The molecule has 124 heavy (non-hydrogen) atoms. The van der Waals surface area contributed by atoms with Crippen LogP contribution in [-0.2, 0) is 0 Å². The van der Waals surface area contributed by atoms with Gasteiger partial charge in [0.2, 0.25) is 0 Å². The van der Waals surface area contributed by atoms with Crippen molar-refractivity contribution in [2.24, 2.45) is 0 Å². The van der Waals surface area contributed by atoms with E-state index in [0.717, 1.165) is 157 Å². The molecule has 7 heterocycles. The molecule has 0 fully saturated rings. The van der Waals surface area contributed by atoms with Crippen molar-refractivity contribution in [3.05, 3.63) is 425 Å². The van der Waals surface area contributed by atoms with E-state index in [4.69, 9.17) is 49.8 Å². The van der Waals surface area contributed by atoms with Crippen molar-refractivity contribution >= 4 is 79.0 Å². The van der Waals surface area contributed by atoms with Crippen LogP contribution in [0.2, 0.25) is 0 Å². The fourth-order valence-corrected chi connectivity index (χ4v) is 17.7. The number of aromatic nitrogens is 11. The minimum absolute atomic E-state index is 0.0280. The molecule has 0 unspecified atom stereocenters. The third-order valence-electron chi connectivity index (χ3n) is 23.5. The summed E-state index contributed by atoms with van der Waals surface area (Å²) in [5.74, 6) is 4.35. The summed E-state index contributed by atoms with van der Waals surface area (Å²) < 4.78 is 2.35. The van der Waals surface area contributed by atoms with Crippen molar-refractivity contribution in [2.45, 2.75) is 0 Å². The van der Waals surface area contributed by atoms with E-state index in [0.29, 0.717) is 52.3 Å². The number of fused-ring (bicyclic) bond motifs is 7. The zero-order valence-electron chi connectivity index (χ0n) is 66.8. The topological polar surface area (TPSA) is 140 Å². The van der Waals surface area contributed by atoms with Gasteiger partial charge >= 0.3 is 0 Å². The number of nitrogens with zero attached hydrogens (tertiary/aromatic N) is 13. The highest BCUT2D eigenvalue weighted by Crippen LogP contribution is 2.48. The van der Waals surface area contributed by atoms with Crippen molar-refractivity contribution in [3.8, 4) is 153 Å². The Morgan fingerprint density at radius 1 is 0.177 bits per heavy atom. The van der Waals surface area contributed by atoms with Crippen LogP contribution in [0, 0.1) is 0 Å². The lowest BCUT2D eigenvalue weighted by Gasteiger charge is -2.44. The highest BCUT2D eigenvalue weighted by atomic mass is 15.2. The predicted molar refractivity (Wildman–Crippen MR) is 503 cm³/mol. The highest BCUT2D eigenvalue weighted by molar-refractivity contribution is 7.00. The molecule has 0 aliphatic carbocycles. The summed E-state index contributed by atoms with van der Waals surface area (Å²) in [6.45, 7) is -0.0280. The summed E-state index contributed by atoms with van der Waals surface area (Å²) in [7, 11) is 0. The van der Waals surface area contributed by atoms with Gasteiger partial charge in [-0.15, -0.1) is 0 Å². The highest BCUT2D eigenvalue weighted by Gasteiger charge is 2.43. The SMILES string of the molecule is c1ccc(-c2cc(-c3ccccc3)nc(-c3ccc(-n4c5ccc(-c6nc(-c7ccccc7)nc(-c7ccccc7)n6)cc5c5cc(-c6nc(-c7ccccc7)nc(-c7ccccc7)n6)ccc54)c(-c4cc(-c5ccccc5)nc(-c5ccc(-c6cc7c8c(c6)N(c6ccccc6)c6ccccc6B8c6ccccc6N7c6ccccc6)cc5)n4)c3)n2)cc1. The van der Waals surface area contributed by atoms with Crippen LogP contribution in [0.15, 0.2) is 425 Å². The summed E-state index contributed by atoms with van der Waals surface area (Å²) in [6.07, 6.45) is 0. The average molecular weight is 1580 g/mol. The fraction of sp³-hybridized carbons (Fsp3) is 0. The molecule has 0 spiro atoms. The maximum atomic E-state index is 5.85. The van der Waals surface area contributed by atoms with E-state index in [9.17, 15) is 0 Å². The maximum absolute atomic E-state index is 5.85. The van der Waals surface area contributed by atoms with Gasteiger partial charge in [-0.2, -0.15) is 0 Å². The molecule has 13 nitrogen and oxygen atoms in total. The summed E-state index contributed by atoms with van der Waals surface area (Å²) >= 11 is 0. The molecule has 0 saturated heterocycles. The monoisotopic (exact) mass is 1580 g/mol. The second kappa shape index (κ2) is 30.8. The molecule has 0 N–H and O–H groups in total. The Balaban J connectivity index is 0.747. The lowest BCUT2D eigenvalue weighted by Crippen LogP contribution is -2.61. The van der Waals surface area contributed by atoms with Crippen LogP contribution in [0.3, 0.4) is 0 Å². The van der Waals surface area contributed by atoms with E-state index in [1.807, 2.05) is 164 Å². The predicted octanol–water partition coefficient (Wildman–Crippen LogP) is 24.5. The Kier molecular flexibility index (Phi) is 18.0. The van der Waals surface area contributed by atoms with Crippen molar-refractivity contribution in [2.75, 3.05) is 9.80 Å². The van der Waals surface area contributed by atoms with E-state index < -0.39 is 0 Å². The summed E-state index contributed by atoms with van der Waals surface area (Å²) in [6, 6.07) is 148. The molecule has 14 heteroatoms. The number of para-hydroxylation sites is 4. The Bertz CT molecular complexity index is 7180. The molecule has 21 aromatic rings. The molecule has 578 valence electrons. The number of hydrogen-bond donors (Lipinski definition) is 0. The van der Waals surface area contributed by atoms with Gasteiger partial charge in [0.15, 0.2) is 46.6 Å². The standard InChI is InChI=1S/C110H70BN13/c1-10-32-72(33-11-1)91-69-92(73-34-12-2-13-35-73)114-108(113-91)82-60-63-97(124-95-61-58-80(109-118-104(75-38-16-4-17-39-75)116-105(119-109)76-40-18-5-19-41-76)64-86(95)87-65-81(59-62-96(87)124)110-120-106(77-42-20-6-21-43-77)117-107(121-110)78-44-22-7-23-45-78)88(66-82)94-70-93(74-36-14-3-15-37-74)112-103(115-94)79-56-54-71(55-57-79)83-67-100-102-101(68-83)123(85-48-26-9-27-49-85)99-53-31-29-51-90(99)111(102)89-50-28-30-52-98(89)122(100)84-46-24-8-25-47-84/h1-70H. The van der Waals surface area contributed by atoms with Gasteiger partial charge in [-0.25, -0.2) is 49.8 Å². The molecule has 0 saturated carbocycles. The average Bonchev–Trinajstić information content (AvgIpc) is 0.816. The first-order valence-electron chi connectivity index (χ1n) is 41.5. The normalized spacial score (nSPS) is 12.0. The molecule has 16 aromatic carbocycles. The van der Waals surface area contributed by atoms with Crippen molar-refractivity contribution in [3.63, 3.8) is 0 Å². The van der Waals surface area contributed by atoms with Crippen LogP contribution in [0.5, 0.6) is 0 Å². The van der Waals surface area contributed by atoms with Gasteiger partial charge < -0.3 is 14.4 Å². The molecular formula is C110H70BN13. The Morgan fingerprint density at radius 2 is 0.460 bits per heavy atom. The quantitative estimate of drug-likeness (QED) is 0.0851. The Hall–Kier alpha value is -16.8. The zero-order chi connectivity index (χ0) is 82.0. The minimum Gasteiger partial charge on any atom is -0.311 e. The molecule has 2 aliphatic rings. The van der Waals surface area contributed by atoms with E-state index in [1.54, 1.807) is 0 Å². The number of anilines is 6. The first kappa shape index (κ1) is 72.4. The van der Waals surface area contributed by atoms with E-state index in [-0.39, 0.29) is 6.71 Å². The van der Waals surface area contributed by atoms with Gasteiger partial charge in [0.05, 0.1) is 39.5 Å². The van der Waals surface area contributed by atoms with Crippen LogP contribution < -0.4 is 26.2 Å². The van der Waals surface area contributed by atoms with Gasteiger partial charge in [-0.1, -0.05) is 309 Å². The molecule has 0 atom stereocenters. The summed E-state index contributed by atoms with van der Waals surface area (Å²) in [5.41, 5.74) is 28.5. The molecule has 2 aliphatic heterocycles. The van der Waals surface area contributed by atoms with Crippen LogP contribution in [0.25, 0.3) is 175 Å². The van der Waals surface area contributed by atoms with Gasteiger partial charge in [0, 0.05) is 112 Å². The first-order chi connectivity index (χ1) is 61.4. The Labute approximate surface area is 716 Å². The van der Waals surface area contributed by atoms with Gasteiger partial charge in [0.25, 0.3) is 6.71 Å². The maximum Gasteiger partial charge on any atom is 0.252 e. The molecule has 0 radical (unpaired) electrons. The van der Waals surface area contributed by atoms with Gasteiger partial charge in [-0.3, -0.25) is 0 Å². The van der Waals surface area contributed by atoms with Crippen molar-refractivity contribution in [1.29, 1.82) is 0 Å². The largest absolute Gasteiger partial charge is 0.311 e. The number of hydrogen-bond acceptors (Lipinski definition) is 12. The van der Waals surface area contributed by atoms with Gasteiger partial charge in [0.1, 0.15) is 0 Å². The van der Waals surface area contributed by atoms with Crippen molar-refractivity contribution < 1.29 is 0 Å². The van der Waals surface area contributed by atoms with E-state index in [1.165, 1.54) is 16.4 Å². The van der Waals surface area contributed by atoms with Crippen LogP contribution in [0.4, 0.5) is 34.1 Å². The fourth-order valence-electron chi connectivity index (χ4n) is 17.7. The lowest BCUT2D eigenvalue weighted by molar-refractivity contribution is 1.07. The number of benzene rings is 16. The Morgan fingerprint density at radius 3 is 0.855 bits per heavy atom. The summed E-state index contributed by atoms with van der Waals surface area (Å²) in [4.78, 5) is 58.8. The molecular weight excluding hydrogens is 1510 g/mol. The molecule has 23 rings (SSSR count). The third-order valence-corrected chi connectivity index (χ3v) is 23.5. The molecule has 5 aromatic heterocycles. The molecule has 0 bridgehead atoms. The van der Waals surface area contributed by atoms with Crippen LogP contribution >= 0.6 is 0 Å². The van der Waals surface area contributed by atoms with Crippen LogP contribution in [0.1, 0.15) is 0 Å². The number of rotatable bonds is 16. The second-order valence-electron chi connectivity index (χ2n) is 31.0. The first-order valence-corrected chi connectivity index (χ1v) is 41.5. The van der Waals surface area contributed by atoms with Crippen LogP contribution in [-0.4, -0.2) is 61.1 Å². The molecule has 0 amide bonds. The van der Waals surface area contributed by atoms with Crippen molar-refractivity contribution in [1.82, 2.24) is 54.4 Å². The van der Waals surface area contributed by atoms with E-state index >= 15 is 0 Å². The lowest BCUT2D eigenvalue weighted by atomic mass is 9.33. The zero-order valence-corrected chi connectivity index (χ0v) is 66.8. The van der Waals surface area contributed by atoms with E-state index in [2.05, 4.69) is 275 Å². The second-order valence-corrected chi connectivity index (χ2v) is 31.0. The third kappa shape index (κ3) is 13.2. The summed E-state index contributed by atoms with van der Waals surface area (Å²) in [5, 5.41) is 1.84. The van der Waals surface area contributed by atoms with Gasteiger partial charge in [-0.05, 0) is 143 Å². The smallest absolute Gasteiger partial charge is 0.252 e. The minimum atomic E-state index is -0.0280.